The molecule has 0 N–H and O–H groups in total. The molecule has 0 aliphatic carbocycles. The molecule has 114 valence electrons. The first-order chi connectivity index (χ1) is 11.2. The van der Waals surface area contributed by atoms with Crippen LogP contribution >= 0.6 is 0 Å². The zero-order valence-electron chi connectivity index (χ0n) is 12.4. The molecule has 0 fully saturated rings. The smallest absolute Gasteiger partial charge is 0.350 e. The lowest BCUT2D eigenvalue weighted by Crippen LogP contribution is -2.21. The number of hydrogen-bond donors (Lipinski definition) is 0. The van der Waals surface area contributed by atoms with Gasteiger partial charge in [0.1, 0.15) is 6.54 Å². The second-order valence-electron chi connectivity index (χ2n) is 5.18. The fourth-order valence-electron chi connectivity index (χ4n) is 2.44. The van der Waals surface area contributed by atoms with Gasteiger partial charge in [-0.3, -0.25) is 4.40 Å². The molecule has 0 aliphatic heterocycles. The van der Waals surface area contributed by atoms with Crippen LogP contribution in [-0.4, -0.2) is 24.4 Å². The Morgan fingerprint density at radius 1 is 1.09 bits per heavy atom. The van der Waals surface area contributed by atoms with Gasteiger partial charge in [-0.1, -0.05) is 24.3 Å². The Hall–Kier alpha value is -3.22. The third kappa shape index (κ3) is 2.32. The molecular weight excluding hydrogens is 294 g/mol. The van der Waals surface area contributed by atoms with Crippen molar-refractivity contribution in [3.05, 3.63) is 70.6 Å². The fourth-order valence-corrected chi connectivity index (χ4v) is 2.44. The van der Waals surface area contributed by atoms with Crippen LogP contribution < -0.4 is 5.69 Å². The van der Waals surface area contributed by atoms with Crippen LogP contribution in [0.2, 0.25) is 0 Å². The van der Waals surface area contributed by atoms with Crippen molar-refractivity contribution in [2.75, 3.05) is 0 Å². The maximum absolute atomic E-state index is 12.2. The predicted molar refractivity (Wildman–Crippen MR) is 83.0 cm³/mol. The fraction of sp³-hybridized carbons (Fsp3) is 0.125. The van der Waals surface area contributed by atoms with Crippen molar-refractivity contribution in [2.24, 2.45) is 0 Å². The van der Waals surface area contributed by atoms with Gasteiger partial charge in [-0.15, -0.1) is 15.3 Å². The van der Waals surface area contributed by atoms with E-state index in [9.17, 15) is 4.79 Å². The van der Waals surface area contributed by atoms with E-state index >= 15 is 0 Å². The third-order valence-electron chi connectivity index (χ3n) is 3.62. The van der Waals surface area contributed by atoms with Gasteiger partial charge in [0, 0.05) is 11.8 Å². The average Bonchev–Trinajstić information content (AvgIpc) is 3.14. The first-order valence-electron chi connectivity index (χ1n) is 7.15. The summed E-state index contributed by atoms with van der Waals surface area (Å²) in [4.78, 5) is 12.2. The molecule has 4 rings (SSSR count). The van der Waals surface area contributed by atoms with Crippen molar-refractivity contribution in [1.82, 2.24) is 24.4 Å². The van der Waals surface area contributed by atoms with E-state index < -0.39 is 0 Å². The van der Waals surface area contributed by atoms with Crippen molar-refractivity contribution < 1.29 is 4.42 Å². The minimum atomic E-state index is -0.240. The zero-order valence-corrected chi connectivity index (χ0v) is 12.4. The van der Waals surface area contributed by atoms with Crippen LogP contribution in [-0.2, 0) is 6.54 Å². The zero-order chi connectivity index (χ0) is 15.8. The van der Waals surface area contributed by atoms with E-state index in [1.807, 2.05) is 37.3 Å². The van der Waals surface area contributed by atoms with Crippen LogP contribution in [0.4, 0.5) is 0 Å². The van der Waals surface area contributed by atoms with Crippen molar-refractivity contribution in [1.29, 1.82) is 0 Å². The number of nitrogens with zero attached hydrogens (tertiary/aromatic N) is 5. The van der Waals surface area contributed by atoms with Crippen LogP contribution in [0.1, 0.15) is 11.5 Å². The Balaban J connectivity index is 1.68. The molecule has 0 atom stereocenters. The minimum absolute atomic E-state index is 0.138. The molecule has 0 saturated carbocycles. The molecule has 0 spiro atoms. The molecule has 4 aromatic rings. The number of aromatic nitrogens is 5. The number of hydrogen-bond acceptors (Lipinski definition) is 5. The van der Waals surface area contributed by atoms with Crippen LogP contribution in [0, 0.1) is 6.92 Å². The maximum atomic E-state index is 12.2. The van der Waals surface area contributed by atoms with Crippen molar-refractivity contribution >= 4 is 5.65 Å². The Labute approximate surface area is 130 Å². The van der Waals surface area contributed by atoms with Gasteiger partial charge in [-0.25, -0.2) is 9.48 Å². The summed E-state index contributed by atoms with van der Waals surface area (Å²) in [5.41, 5.74) is 2.27. The molecule has 7 heteroatoms. The lowest BCUT2D eigenvalue weighted by atomic mass is 10.1. The van der Waals surface area contributed by atoms with Crippen LogP contribution in [0.15, 0.2) is 57.9 Å². The molecular formula is C16H13N5O2. The van der Waals surface area contributed by atoms with Crippen molar-refractivity contribution in [2.45, 2.75) is 13.5 Å². The molecule has 23 heavy (non-hydrogen) atoms. The highest BCUT2D eigenvalue weighted by atomic mass is 16.4. The van der Waals surface area contributed by atoms with Gasteiger partial charge >= 0.3 is 5.69 Å². The maximum Gasteiger partial charge on any atom is 0.350 e. The minimum Gasteiger partial charge on any atom is -0.419 e. The molecule has 0 unspecified atom stereocenters. The second-order valence-corrected chi connectivity index (χ2v) is 5.18. The van der Waals surface area contributed by atoms with Gasteiger partial charge in [-0.05, 0) is 30.7 Å². The van der Waals surface area contributed by atoms with Crippen LogP contribution in [0.5, 0.6) is 0 Å². The number of benzene rings is 1. The molecule has 0 amide bonds. The Morgan fingerprint density at radius 3 is 2.74 bits per heavy atom. The highest BCUT2D eigenvalue weighted by Crippen LogP contribution is 2.21. The summed E-state index contributed by atoms with van der Waals surface area (Å²) in [6.45, 7) is 2.12. The van der Waals surface area contributed by atoms with Gasteiger partial charge in [0.15, 0.2) is 5.65 Å². The highest BCUT2D eigenvalue weighted by Gasteiger charge is 2.13. The summed E-state index contributed by atoms with van der Waals surface area (Å²) < 4.78 is 8.46. The third-order valence-corrected chi connectivity index (χ3v) is 3.62. The van der Waals surface area contributed by atoms with Gasteiger partial charge in [0.25, 0.3) is 0 Å². The van der Waals surface area contributed by atoms with Crippen molar-refractivity contribution in [3.8, 4) is 11.5 Å². The predicted octanol–water partition coefficient (Wildman–Crippen LogP) is 1.90. The number of pyridine rings is 1. The standard InChI is InChI=1S/C16H13N5O2/c1-11-6-2-3-7-12(11)15-18-17-14(23-15)10-21-16(22)20-9-5-4-8-13(20)19-21/h2-9H,10H2,1H3. The second kappa shape index (κ2) is 5.20. The molecule has 0 radical (unpaired) electrons. The van der Waals surface area contributed by atoms with Crippen LogP contribution in [0.25, 0.3) is 17.1 Å². The normalized spacial score (nSPS) is 11.2. The Bertz CT molecular complexity index is 1040. The average molecular weight is 307 g/mol. The van der Waals surface area contributed by atoms with E-state index in [0.717, 1.165) is 11.1 Å². The molecule has 1 aromatic carbocycles. The first kappa shape index (κ1) is 13.4. The van der Waals surface area contributed by atoms with Crippen molar-refractivity contribution in [3.63, 3.8) is 0 Å². The summed E-state index contributed by atoms with van der Waals surface area (Å²) in [7, 11) is 0. The first-order valence-corrected chi connectivity index (χ1v) is 7.15. The van der Waals surface area contributed by atoms with E-state index in [2.05, 4.69) is 15.3 Å². The van der Waals surface area contributed by atoms with Gasteiger partial charge in [-0.2, -0.15) is 0 Å². The molecule has 7 nitrogen and oxygen atoms in total. The van der Waals surface area contributed by atoms with Gasteiger partial charge < -0.3 is 4.42 Å². The van der Waals surface area contributed by atoms with E-state index in [1.54, 1.807) is 18.3 Å². The lowest BCUT2D eigenvalue weighted by molar-refractivity contribution is 0.468. The number of aryl methyl sites for hydroxylation is 1. The summed E-state index contributed by atoms with van der Waals surface area (Å²) in [5.74, 6) is 0.781. The number of fused-ring (bicyclic) bond motifs is 1. The van der Waals surface area contributed by atoms with Gasteiger partial charge in [0.05, 0.1) is 0 Å². The van der Waals surface area contributed by atoms with E-state index in [4.69, 9.17) is 4.42 Å². The Morgan fingerprint density at radius 2 is 1.91 bits per heavy atom. The Kier molecular flexibility index (Phi) is 3.04. The quantitative estimate of drug-likeness (QED) is 0.577. The van der Waals surface area contributed by atoms with Crippen LogP contribution in [0.3, 0.4) is 0 Å². The largest absolute Gasteiger partial charge is 0.419 e. The van der Waals surface area contributed by atoms with E-state index in [0.29, 0.717) is 17.4 Å². The van der Waals surface area contributed by atoms with E-state index in [-0.39, 0.29) is 12.2 Å². The summed E-state index contributed by atoms with van der Waals surface area (Å²) >= 11 is 0. The SMILES string of the molecule is Cc1ccccc1-c1nnc(Cn2nc3ccccn3c2=O)o1. The topological polar surface area (TPSA) is 78.2 Å². The molecule has 0 aliphatic rings. The highest BCUT2D eigenvalue weighted by molar-refractivity contribution is 5.57. The monoisotopic (exact) mass is 307 g/mol. The molecule has 3 aromatic heterocycles. The van der Waals surface area contributed by atoms with Gasteiger partial charge in [0.2, 0.25) is 11.8 Å². The number of rotatable bonds is 3. The summed E-state index contributed by atoms with van der Waals surface area (Å²) in [5, 5.41) is 12.3. The lowest BCUT2D eigenvalue weighted by Gasteiger charge is -1.98. The molecule has 0 bridgehead atoms. The van der Waals surface area contributed by atoms with E-state index in [1.165, 1.54) is 9.08 Å². The molecule has 0 saturated heterocycles. The molecule has 3 heterocycles. The summed E-state index contributed by atoms with van der Waals surface area (Å²) in [6, 6.07) is 13.1. The summed E-state index contributed by atoms with van der Waals surface area (Å²) in [6.07, 6.45) is 1.67.